The predicted molar refractivity (Wildman–Crippen MR) is 114 cm³/mol. The molecule has 0 saturated carbocycles. The third kappa shape index (κ3) is 5.23. The lowest BCUT2D eigenvalue weighted by atomic mass is 9.98. The first-order chi connectivity index (χ1) is 14.3. The van der Waals surface area contributed by atoms with Gasteiger partial charge in [0.25, 0.3) is 0 Å². The first kappa shape index (κ1) is 21.5. The number of aromatic nitrogens is 1. The maximum absolute atomic E-state index is 13.1. The molecule has 1 aromatic heterocycles. The number of esters is 1. The van der Waals surface area contributed by atoms with Crippen LogP contribution in [0.5, 0.6) is 0 Å². The fourth-order valence-corrected chi connectivity index (χ4v) is 3.53. The highest BCUT2D eigenvalue weighted by atomic mass is 19.1. The molecule has 1 atom stereocenters. The van der Waals surface area contributed by atoms with Gasteiger partial charge in [-0.15, -0.1) is 0 Å². The number of benzene rings is 2. The SMILES string of the molecule is Cc1cc(C(=O)COC(=O)C[C@@H](C)c2ccccc2)c(C)n1Cc1ccc(F)cc1. The molecule has 2 aromatic carbocycles. The number of hydrogen-bond acceptors (Lipinski definition) is 3. The Morgan fingerprint density at radius 2 is 1.70 bits per heavy atom. The number of carbonyl (C=O) groups excluding carboxylic acids is 2. The summed E-state index contributed by atoms with van der Waals surface area (Å²) in [4.78, 5) is 24.8. The van der Waals surface area contributed by atoms with Crippen molar-refractivity contribution in [1.29, 1.82) is 0 Å². The summed E-state index contributed by atoms with van der Waals surface area (Å²) >= 11 is 0. The molecule has 3 rings (SSSR count). The highest BCUT2D eigenvalue weighted by Gasteiger charge is 2.19. The number of Topliss-reactive ketones (excluding diaryl/α,β-unsaturated/α-hetero) is 1. The largest absolute Gasteiger partial charge is 0.457 e. The zero-order chi connectivity index (χ0) is 21.7. The van der Waals surface area contributed by atoms with Gasteiger partial charge < -0.3 is 9.30 Å². The minimum absolute atomic E-state index is 0.0228. The Hall–Kier alpha value is -3.21. The number of halogens is 1. The number of nitrogens with zero attached hydrogens (tertiary/aromatic N) is 1. The van der Waals surface area contributed by atoms with Crippen molar-refractivity contribution in [2.45, 2.75) is 39.7 Å². The average Bonchev–Trinajstić information content (AvgIpc) is 3.02. The van der Waals surface area contributed by atoms with Crippen molar-refractivity contribution >= 4 is 11.8 Å². The molecule has 5 heteroatoms. The number of ether oxygens (including phenoxy) is 1. The third-order valence-electron chi connectivity index (χ3n) is 5.33. The summed E-state index contributed by atoms with van der Waals surface area (Å²) in [5.41, 5.74) is 4.27. The summed E-state index contributed by atoms with van der Waals surface area (Å²) in [7, 11) is 0. The van der Waals surface area contributed by atoms with Gasteiger partial charge in [-0.05, 0) is 49.1 Å². The lowest BCUT2D eigenvalue weighted by molar-refractivity contribution is -0.142. The fraction of sp³-hybridized carbons (Fsp3) is 0.280. The van der Waals surface area contributed by atoms with Crippen LogP contribution in [0.1, 0.15) is 52.1 Å². The minimum atomic E-state index is -0.389. The van der Waals surface area contributed by atoms with Gasteiger partial charge in [-0.25, -0.2) is 4.39 Å². The number of hydrogen-bond donors (Lipinski definition) is 0. The number of carbonyl (C=O) groups is 2. The molecule has 0 aliphatic heterocycles. The van der Waals surface area contributed by atoms with E-state index in [0.717, 1.165) is 22.5 Å². The summed E-state index contributed by atoms with van der Waals surface area (Å²) in [6, 6.07) is 17.8. The normalized spacial score (nSPS) is 11.9. The van der Waals surface area contributed by atoms with Crippen LogP contribution < -0.4 is 0 Å². The molecule has 0 fully saturated rings. The molecular formula is C25H26FNO3. The second-order valence-electron chi connectivity index (χ2n) is 7.60. The molecule has 0 saturated heterocycles. The quantitative estimate of drug-likeness (QED) is 0.380. The van der Waals surface area contributed by atoms with Crippen LogP contribution in [0, 0.1) is 19.7 Å². The van der Waals surface area contributed by atoms with Crippen LogP contribution >= 0.6 is 0 Å². The van der Waals surface area contributed by atoms with E-state index < -0.39 is 0 Å². The standard InChI is InChI=1S/C25H26FNO3/c1-17(21-7-5-4-6-8-21)13-25(29)30-16-24(28)23-14-18(2)27(19(23)3)15-20-9-11-22(26)12-10-20/h4-12,14,17H,13,15-16H2,1-3H3/t17-/m1/s1. The Morgan fingerprint density at radius 3 is 2.37 bits per heavy atom. The van der Waals surface area contributed by atoms with Gasteiger partial charge in [-0.3, -0.25) is 9.59 Å². The number of aryl methyl sites for hydroxylation is 1. The molecular weight excluding hydrogens is 381 g/mol. The average molecular weight is 407 g/mol. The summed E-state index contributed by atoms with van der Waals surface area (Å²) in [5.74, 6) is -0.873. The first-order valence-electron chi connectivity index (χ1n) is 10.00. The van der Waals surface area contributed by atoms with Crippen molar-refractivity contribution in [2.75, 3.05) is 6.61 Å². The molecule has 30 heavy (non-hydrogen) atoms. The Labute approximate surface area is 176 Å². The van der Waals surface area contributed by atoms with Gasteiger partial charge in [-0.2, -0.15) is 0 Å². The van der Waals surface area contributed by atoms with Crippen LogP contribution in [-0.4, -0.2) is 22.9 Å². The topological polar surface area (TPSA) is 48.3 Å². The molecule has 0 spiro atoms. The van der Waals surface area contributed by atoms with Crippen LogP contribution in [-0.2, 0) is 16.1 Å². The summed E-state index contributed by atoms with van der Waals surface area (Å²) in [6.45, 7) is 6.01. The molecule has 0 aliphatic carbocycles. The molecule has 4 nitrogen and oxygen atoms in total. The summed E-state index contributed by atoms with van der Waals surface area (Å²) in [5, 5.41) is 0. The molecule has 0 unspecified atom stereocenters. The summed E-state index contributed by atoms with van der Waals surface area (Å²) in [6.07, 6.45) is 0.223. The molecule has 0 N–H and O–H groups in total. The maximum atomic E-state index is 13.1. The second kappa shape index (κ2) is 9.53. The van der Waals surface area contributed by atoms with Gasteiger partial charge in [0.1, 0.15) is 5.82 Å². The van der Waals surface area contributed by atoms with Crippen molar-refractivity contribution in [1.82, 2.24) is 4.57 Å². The lowest BCUT2D eigenvalue weighted by Crippen LogP contribution is -2.16. The van der Waals surface area contributed by atoms with Gasteiger partial charge in [0.2, 0.25) is 5.78 Å². The Morgan fingerprint density at radius 1 is 1.03 bits per heavy atom. The molecule has 0 aliphatic rings. The Bertz CT molecular complexity index is 1020. The van der Waals surface area contributed by atoms with Crippen LogP contribution in [0.3, 0.4) is 0 Å². The molecule has 0 radical (unpaired) electrons. The number of rotatable bonds is 8. The first-order valence-corrected chi connectivity index (χ1v) is 10.00. The van der Waals surface area contributed by atoms with E-state index in [4.69, 9.17) is 4.74 Å². The van der Waals surface area contributed by atoms with E-state index in [-0.39, 0.29) is 36.5 Å². The zero-order valence-electron chi connectivity index (χ0n) is 17.5. The van der Waals surface area contributed by atoms with Gasteiger partial charge in [0.05, 0.1) is 6.42 Å². The highest BCUT2D eigenvalue weighted by Crippen LogP contribution is 2.20. The van der Waals surface area contributed by atoms with Crippen molar-refractivity contribution in [3.63, 3.8) is 0 Å². The predicted octanol–water partition coefficient (Wildman–Crippen LogP) is 5.21. The van der Waals surface area contributed by atoms with Gasteiger partial charge in [0, 0.05) is 23.5 Å². The van der Waals surface area contributed by atoms with E-state index in [9.17, 15) is 14.0 Å². The second-order valence-corrected chi connectivity index (χ2v) is 7.60. The van der Waals surface area contributed by atoms with E-state index in [0.29, 0.717) is 12.1 Å². The van der Waals surface area contributed by atoms with Crippen molar-refractivity contribution in [3.05, 3.63) is 94.6 Å². The van der Waals surface area contributed by atoms with Crippen LogP contribution in [0.4, 0.5) is 4.39 Å². The van der Waals surface area contributed by atoms with Crippen molar-refractivity contribution < 1.29 is 18.7 Å². The van der Waals surface area contributed by atoms with E-state index >= 15 is 0 Å². The molecule has 0 amide bonds. The maximum Gasteiger partial charge on any atom is 0.306 e. The molecule has 156 valence electrons. The van der Waals surface area contributed by atoms with Crippen LogP contribution in [0.15, 0.2) is 60.7 Å². The van der Waals surface area contributed by atoms with Gasteiger partial charge in [-0.1, -0.05) is 49.4 Å². The Balaban J connectivity index is 1.60. The molecule has 3 aromatic rings. The van der Waals surface area contributed by atoms with E-state index in [1.54, 1.807) is 12.1 Å². The molecule has 0 bridgehead atoms. The summed E-state index contributed by atoms with van der Waals surface area (Å²) < 4.78 is 20.4. The smallest absolute Gasteiger partial charge is 0.306 e. The Kier molecular flexibility index (Phi) is 6.83. The van der Waals surface area contributed by atoms with Crippen LogP contribution in [0.25, 0.3) is 0 Å². The third-order valence-corrected chi connectivity index (χ3v) is 5.33. The van der Waals surface area contributed by atoms with E-state index in [1.165, 1.54) is 12.1 Å². The fourth-order valence-electron chi connectivity index (χ4n) is 3.53. The lowest BCUT2D eigenvalue weighted by Gasteiger charge is -2.12. The zero-order valence-corrected chi connectivity index (χ0v) is 17.5. The van der Waals surface area contributed by atoms with Crippen molar-refractivity contribution in [2.24, 2.45) is 0 Å². The van der Waals surface area contributed by atoms with Gasteiger partial charge >= 0.3 is 5.97 Å². The minimum Gasteiger partial charge on any atom is -0.457 e. The monoisotopic (exact) mass is 407 g/mol. The van der Waals surface area contributed by atoms with Crippen LogP contribution in [0.2, 0.25) is 0 Å². The molecule has 1 heterocycles. The number of ketones is 1. The van der Waals surface area contributed by atoms with Gasteiger partial charge in [0.15, 0.2) is 6.61 Å². The highest BCUT2D eigenvalue weighted by molar-refractivity contribution is 5.99. The van der Waals surface area contributed by atoms with E-state index in [2.05, 4.69) is 0 Å². The van der Waals surface area contributed by atoms with Crippen molar-refractivity contribution in [3.8, 4) is 0 Å². The van der Waals surface area contributed by atoms with E-state index in [1.807, 2.05) is 61.7 Å².